The third kappa shape index (κ3) is 1.97. The molecule has 3 heteroatoms. The first-order valence-electron chi connectivity index (χ1n) is 4.57. The minimum Gasteiger partial charge on any atom is -0.465 e. The maximum Gasteiger partial charge on any atom is 0.323 e. The molecule has 0 bridgehead atoms. The molecule has 0 spiro atoms. The zero-order valence-electron chi connectivity index (χ0n) is 7.96. The van der Waals surface area contributed by atoms with Crippen molar-refractivity contribution < 1.29 is 9.53 Å². The summed E-state index contributed by atoms with van der Waals surface area (Å²) in [5.41, 5.74) is 0. The van der Waals surface area contributed by atoms with Gasteiger partial charge in [0, 0.05) is 6.04 Å². The van der Waals surface area contributed by atoms with Gasteiger partial charge in [-0.3, -0.25) is 4.79 Å². The van der Waals surface area contributed by atoms with Crippen LogP contribution in [0.1, 0.15) is 27.2 Å². The molecule has 3 atom stereocenters. The number of carbonyl (C=O) groups excluding carboxylic acids is 1. The molecule has 1 N–H and O–H groups in total. The predicted octanol–water partition coefficient (Wildman–Crippen LogP) is 0.936. The second-order valence-corrected chi connectivity index (χ2v) is 3.51. The van der Waals surface area contributed by atoms with Crippen LogP contribution in [0.5, 0.6) is 0 Å². The summed E-state index contributed by atoms with van der Waals surface area (Å²) < 4.78 is 4.94. The van der Waals surface area contributed by atoms with Crippen LogP contribution in [-0.4, -0.2) is 24.7 Å². The van der Waals surface area contributed by atoms with Crippen LogP contribution < -0.4 is 5.32 Å². The van der Waals surface area contributed by atoms with Gasteiger partial charge < -0.3 is 10.1 Å². The van der Waals surface area contributed by atoms with Crippen molar-refractivity contribution in [1.29, 1.82) is 0 Å². The maximum absolute atomic E-state index is 11.3. The Morgan fingerprint density at radius 3 is 2.67 bits per heavy atom. The van der Waals surface area contributed by atoms with Gasteiger partial charge in [0.2, 0.25) is 0 Å². The normalized spacial score (nSPS) is 35.1. The Morgan fingerprint density at radius 1 is 1.58 bits per heavy atom. The van der Waals surface area contributed by atoms with Crippen LogP contribution in [0.4, 0.5) is 0 Å². The Kier molecular flexibility index (Phi) is 3.09. The SMILES string of the molecule is CCOC(=O)[C@H]1N[C@@H](C)CC1C. The van der Waals surface area contributed by atoms with E-state index in [4.69, 9.17) is 4.74 Å². The van der Waals surface area contributed by atoms with Crippen LogP contribution in [0.2, 0.25) is 0 Å². The van der Waals surface area contributed by atoms with Crippen molar-refractivity contribution in [2.24, 2.45) is 5.92 Å². The van der Waals surface area contributed by atoms with E-state index in [1.165, 1.54) is 0 Å². The average molecular weight is 171 g/mol. The largest absolute Gasteiger partial charge is 0.465 e. The van der Waals surface area contributed by atoms with Crippen molar-refractivity contribution >= 4 is 5.97 Å². The van der Waals surface area contributed by atoms with E-state index in [0.29, 0.717) is 18.6 Å². The van der Waals surface area contributed by atoms with Gasteiger partial charge in [-0.1, -0.05) is 6.92 Å². The number of ether oxygens (including phenoxy) is 1. The molecule has 0 aromatic carbocycles. The molecular formula is C9H17NO2. The quantitative estimate of drug-likeness (QED) is 0.628. The van der Waals surface area contributed by atoms with Gasteiger partial charge in [0.1, 0.15) is 6.04 Å². The van der Waals surface area contributed by atoms with Crippen molar-refractivity contribution in [2.75, 3.05) is 6.61 Å². The van der Waals surface area contributed by atoms with Gasteiger partial charge >= 0.3 is 5.97 Å². The third-order valence-electron chi connectivity index (χ3n) is 2.30. The van der Waals surface area contributed by atoms with E-state index in [2.05, 4.69) is 19.2 Å². The molecule has 0 amide bonds. The lowest BCUT2D eigenvalue weighted by Crippen LogP contribution is -2.38. The molecule has 0 radical (unpaired) electrons. The molecule has 0 aromatic heterocycles. The number of carbonyl (C=O) groups is 1. The average Bonchev–Trinajstić information content (AvgIpc) is 2.30. The zero-order valence-corrected chi connectivity index (χ0v) is 7.96. The summed E-state index contributed by atoms with van der Waals surface area (Å²) in [7, 11) is 0. The van der Waals surface area contributed by atoms with Crippen LogP contribution in [0.25, 0.3) is 0 Å². The van der Waals surface area contributed by atoms with Gasteiger partial charge in [0.05, 0.1) is 6.61 Å². The predicted molar refractivity (Wildman–Crippen MR) is 46.8 cm³/mol. The molecule has 1 fully saturated rings. The molecule has 1 aliphatic rings. The van der Waals surface area contributed by atoms with Crippen LogP contribution in [0, 0.1) is 5.92 Å². The highest BCUT2D eigenvalue weighted by atomic mass is 16.5. The van der Waals surface area contributed by atoms with E-state index in [1.54, 1.807) is 0 Å². The van der Waals surface area contributed by atoms with E-state index < -0.39 is 0 Å². The second-order valence-electron chi connectivity index (χ2n) is 3.51. The fourth-order valence-electron chi connectivity index (χ4n) is 1.76. The lowest BCUT2D eigenvalue weighted by atomic mass is 10.0. The molecule has 12 heavy (non-hydrogen) atoms. The van der Waals surface area contributed by atoms with Crippen molar-refractivity contribution in [1.82, 2.24) is 5.32 Å². The summed E-state index contributed by atoms with van der Waals surface area (Å²) in [4.78, 5) is 11.3. The van der Waals surface area contributed by atoms with Crippen molar-refractivity contribution in [3.05, 3.63) is 0 Å². The van der Waals surface area contributed by atoms with E-state index >= 15 is 0 Å². The molecule has 1 rings (SSSR count). The van der Waals surface area contributed by atoms with Gasteiger partial charge in [-0.2, -0.15) is 0 Å². The molecular weight excluding hydrogens is 154 g/mol. The molecule has 1 aliphatic heterocycles. The van der Waals surface area contributed by atoms with E-state index in [9.17, 15) is 4.79 Å². The Bertz CT molecular complexity index is 170. The van der Waals surface area contributed by atoms with Gasteiger partial charge in [0.15, 0.2) is 0 Å². The first kappa shape index (κ1) is 9.52. The standard InChI is InChI=1S/C9H17NO2/c1-4-12-9(11)8-6(2)5-7(3)10-8/h6-8,10H,4-5H2,1-3H3/t6?,7-,8-/m0/s1. The van der Waals surface area contributed by atoms with Crippen molar-refractivity contribution in [3.8, 4) is 0 Å². The number of esters is 1. The summed E-state index contributed by atoms with van der Waals surface area (Å²) in [5.74, 6) is 0.299. The summed E-state index contributed by atoms with van der Waals surface area (Å²) >= 11 is 0. The number of hydrogen-bond donors (Lipinski definition) is 1. The van der Waals surface area contributed by atoms with E-state index in [-0.39, 0.29) is 12.0 Å². The monoisotopic (exact) mass is 171 g/mol. The van der Waals surface area contributed by atoms with Gasteiger partial charge in [-0.05, 0) is 26.2 Å². The van der Waals surface area contributed by atoms with E-state index in [1.807, 2.05) is 6.92 Å². The fourth-order valence-corrected chi connectivity index (χ4v) is 1.76. The molecule has 0 aromatic rings. The minimum absolute atomic E-state index is 0.0834. The minimum atomic E-state index is -0.102. The first-order valence-corrected chi connectivity index (χ1v) is 4.57. The Labute approximate surface area is 73.5 Å². The number of hydrogen-bond acceptors (Lipinski definition) is 3. The van der Waals surface area contributed by atoms with Crippen LogP contribution in [-0.2, 0) is 9.53 Å². The number of nitrogens with one attached hydrogen (secondary N) is 1. The zero-order chi connectivity index (χ0) is 9.14. The molecule has 1 heterocycles. The first-order chi connectivity index (χ1) is 5.65. The van der Waals surface area contributed by atoms with Crippen molar-refractivity contribution in [2.45, 2.75) is 39.3 Å². The summed E-state index contributed by atoms with van der Waals surface area (Å²) in [6.07, 6.45) is 1.06. The molecule has 70 valence electrons. The molecule has 0 saturated carbocycles. The fraction of sp³-hybridized carbons (Fsp3) is 0.889. The smallest absolute Gasteiger partial charge is 0.323 e. The highest BCUT2D eigenvalue weighted by Crippen LogP contribution is 2.20. The van der Waals surface area contributed by atoms with E-state index in [0.717, 1.165) is 6.42 Å². The van der Waals surface area contributed by atoms with Gasteiger partial charge in [-0.25, -0.2) is 0 Å². The lowest BCUT2D eigenvalue weighted by Gasteiger charge is -2.13. The third-order valence-corrected chi connectivity index (χ3v) is 2.30. The maximum atomic E-state index is 11.3. The Balaban J connectivity index is 2.46. The van der Waals surface area contributed by atoms with Gasteiger partial charge in [0.25, 0.3) is 0 Å². The number of rotatable bonds is 2. The van der Waals surface area contributed by atoms with Crippen LogP contribution >= 0.6 is 0 Å². The van der Waals surface area contributed by atoms with Crippen LogP contribution in [0.3, 0.4) is 0 Å². The molecule has 1 saturated heterocycles. The molecule has 0 aliphatic carbocycles. The van der Waals surface area contributed by atoms with Crippen molar-refractivity contribution in [3.63, 3.8) is 0 Å². The highest BCUT2D eigenvalue weighted by molar-refractivity contribution is 5.76. The Morgan fingerprint density at radius 2 is 2.25 bits per heavy atom. The summed E-state index contributed by atoms with van der Waals surface area (Å²) in [6.45, 7) is 6.48. The second kappa shape index (κ2) is 3.90. The highest BCUT2D eigenvalue weighted by Gasteiger charge is 2.34. The summed E-state index contributed by atoms with van der Waals surface area (Å²) in [6, 6.07) is 0.356. The molecule has 1 unspecified atom stereocenters. The van der Waals surface area contributed by atoms with Crippen LogP contribution in [0.15, 0.2) is 0 Å². The van der Waals surface area contributed by atoms with Gasteiger partial charge in [-0.15, -0.1) is 0 Å². The molecule has 3 nitrogen and oxygen atoms in total. The lowest BCUT2D eigenvalue weighted by molar-refractivity contribution is -0.146. The Hall–Kier alpha value is -0.570. The topological polar surface area (TPSA) is 38.3 Å². The summed E-state index contributed by atoms with van der Waals surface area (Å²) in [5, 5.41) is 3.21.